The van der Waals surface area contributed by atoms with Crippen LogP contribution in [0.15, 0.2) is 58.5 Å². The van der Waals surface area contributed by atoms with Crippen LogP contribution in [0, 0.1) is 0 Å². The molecule has 152 valence electrons. The number of fused-ring (bicyclic) bond motifs is 1. The zero-order valence-electron chi connectivity index (χ0n) is 16.7. The van der Waals surface area contributed by atoms with Gasteiger partial charge >= 0.3 is 0 Å². The molecule has 0 unspecified atom stereocenters. The molecule has 1 amide bonds. The summed E-state index contributed by atoms with van der Waals surface area (Å²) in [6, 6.07) is 14.5. The molecule has 0 radical (unpaired) electrons. The highest BCUT2D eigenvalue weighted by molar-refractivity contribution is 7.99. The van der Waals surface area contributed by atoms with Gasteiger partial charge in [0.2, 0.25) is 5.91 Å². The minimum Gasteiger partial charge on any atom is -0.497 e. The second kappa shape index (κ2) is 10.1. The summed E-state index contributed by atoms with van der Waals surface area (Å²) in [5, 5.41) is 3.93. The van der Waals surface area contributed by atoms with Gasteiger partial charge in [-0.25, -0.2) is 4.98 Å². The number of para-hydroxylation sites is 1. The summed E-state index contributed by atoms with van der Waals surface area (Å²) in [6.45, 7) is 2.79. The Morgan fingerprint density at radius 1 is 1.17 bits per heavy atom. The third kappa shape index (κ3) is 5.17. The highest BCUT2D eigenvalue weighted by Crippen LogP contribution is 2.23. The molecule has 2 aromatic carbocycles. The molecule has 0 aliphatic heterocycles. The lowest BCUT2D eigenvalue weighted by molar-refractivity contribution is -0.118. The van der Waals surface area contributed by atoms with Crippen molar-refractivity contribution in [1.29, 1.82) is 0 Å². The molecule has 3 rings (SSSR count). The van der Waals surface area contributed by atoms with Gasteiger partial charge in [0, 0.05) is 12.6 Å². The van der Waals surface area contributed by atoms with E-state index in [0.29, 0.717) is 34.0 Å². The van der Waals surface area contributed by atoms with Crippen LogP contribution in [0.2, 0.25) is 0 Å². The van der Waals surface area contributed by atoms with Crippen LogP contribution in [-0.4, -0.2) is 34.9 Å². The fraction of sp³-hybridized carbons (Fsp3) is 0.318. The number of rotatable bonds is 9. The molecule has 29 heavy (non-hydrogen) atoms. The molecule has 7 heteroatoms. The van der Waals surface area contributed by atoms with E-state index < -0.39 is 0 Å². The summed E-state index contributed by atoms with van der Waals surface area (Å²) >= 11 is 1.26. The van der Waals surface area contributed by atoms with Gasteiger partial charge in [-0.1, -0.05) is 49.7 Å². The average molecular weight is 412 g/mol. The Morgan fingerprint density at radius 2 is 2.00 bits per heavy atom. The van der Waals surface area contributed by atoms with E-state index >= 15 is 0 Å². The molecule has 0 aliphatic rings. The van der Waals surface area contributed by atoms with Gasteiger partial charge in [0.05, 0.1) is 29.5 Å². The minimum absolute atomic E-state index is 0.0642. The molecule has 3 aromatic rings. The quantitative estimate of drug-likeness (QED) is 0.329. The van der Waals surface area contributed by atoms with Crippen molar-refractivity contribution in [2.45, 2.75) is 31.3 Å². The van der Waals surface area contributed by atoms with Gasteiger partial charge < -0.3 is 10.1 Å². The van der Waals surface area contributed by atoms with Crippen LogP contribution in [0.5, 0.6) is 5.75 Å². The Labute approximate surface area is 174 Å². The number of hydrogen-bond acceptors (Lipinski definition) is 5. The SMILES string of the molecule is CCCCCNC(=O)CSc1nc2ccccc2c(=O)n1-c1cccc(OC)c1. The molecule has 0 aliphatic carbocycles. The third-order valence-electron chi connectivity index (χ3n) is 4.49. The molecule has 0 spiro atoms. The van der Waals surface area contributed by atoms with Crippen molar-refractivity contribution in [3.05, 3.63) is 58.9 Å². The van der Waals surface area contributed by atoms with Crippen molar-refractivity contribution in [3.63, 3.8) is 0 Å². The molecule has 0 fully saturated rings. The molecule has 0 bridgehead atoms. The van der Waals surface area contributed by atoms with E-state index in [4.69, 9.17) is 4.74 Å². The van der Waals surface area contributed by atoms with Gasteiger partial charge in [-0.3, -0.25) is 14.2 Å². The smallest absolute Gasteiger partial charge is 0.266 e. The van der Waals surface area contributed by atoms with E-state index in [2.05, 4.69) is 17.2 Å². The lowest BCUT2D eigenvalue weighted by Crippen LogP contribution is -2.27. The molecule has 1 N–H and O–H groups in total. The van der Waals surface area contributed by atoms with Gasteiger partial charge in [0.1, 0.15) is 5.75 Å². The predicted octanol–water partition coefficient (Wildman–Crippen LogP) is 3.79. The van der Waals surface area contributed by atoms with E-state index in [9.17, 15) is 9.59 Å². The number of nitrogens with one attached hydrogen (secondary N) is 1. The molecule has 6 nitrogen and oxygen atoms in total. The van der Waals surface area contributed by atoms with Gasteiger partial charge in [-0.2, -0.15) is 0 Å². The maximum absolute atomic E-state index is 13.2. The summed E-state index contributed by atoms with van der Waals surface area (Å²) in [5.41, 5.74) is 1.09. The third-order valence-corrected chi connectivity index (χ3v) is 5.43. The molecule has 1 heterocycles. The normalized spacial score (nSPS) is 10.8. The van der Waals surface area contributed by atoms with Crippen molar-refractivity contribution in [2.75, 3.05) is 19.4 Å². The molecule has 1 aromatic heterocycles. The van der Waals surface area contributed by atoms with Gasteiger partial charge in [0.15, 0.2) is 5.16 Å². The maximum atomic E-state index is 13.2. The monoisotopic (exact) mass is 411 g/mol. The lowest BCUT2D eigenvalue weighted by Gasteiger charge is -2.14. The first-order valence-electron chi connectivity index (χ1n) is 9.69. The topological polar surface area (TPSA) is 73.2 Å². The second-order valence-corrected chi connectivity index (χ2v) is 7.54. The number of hydrogen-bond donors (Lipinski definition) is 1. The maximum Gasteiger partial charge on any atom is 0.266 e. The van der Waals surface area contributed by atoms with Crippen molar-refractivity contribution < 1.29 is 9.53 Å². The summed E-state index contributed by atoms with van der Waals surface area (Å²) in [6.07, 6.45) is 3.17. The van der Waals surface area contributed by atoms with Crippen LogP contribution in [-0.2, 0) is 4.79 Å². The number of methoxy groups -OCH3 is 1. The van der Waals surface area contributed by atoms with E-state index in [0.717, 1.165) is 19.3 Å². The number of ether oxygens (including phenoxy) is 1. The first kappa shape index (κ1) is 20.9. The molecule has 0 saturated carbocycles. The highest BCUT2D eigenvalue weighted by Gasteiger charge is 2.15. The van der Waals surface area contributed by atoms with Crippen LogP contribution in [0.25, 0.3) is 16.6 Å². The van der Waals surface area contributed by atoms with Crippen LogP contribution in [0.1, 0.15) is 26.2 Å². The van der Waals surface area contributed by atoms with E-state index in [-0.39, 0.29) is 17.2 Å². The van der Waals surface area contributed by atoms with Crippen molar-refractivity contribution in [3.8, 4) is 11.4 Å². The second-order valence-electron chi connectivity index (χ2n) is 6.60. The standard InChI is InChI=1S/C22H25N3O3S/c1-3-4-7-13-23-20(26)15-29-22-24-19-12-6-5-11-18(19)21(27)25(22)16-9-8-10-17(14-16)28-2/h5-6,8-12,14H,3-4,7,13,15H2,1-2H3,(H,23,26). The van der Waals surface area contributed by atoms with Crippen molar-refractivity contribution in [1.82, 2.24) is 14.9 Å². The number of thioether (sulfide) groups is 1. The average Bonchev–Trinajstić information content (AvgIpc) is 2.75. The number of nitrogens with zero attached hydrogens (tertiary/aromatic N) is 2. The number of benzene rings is 2. The Kier molecular flexibility index (Phi) is 7.30. The van der Waals surface area contributed by atoms with Gasteiger partial charge in [-0.15, -0.1) is 0 Å². The Morgan fingerprint density at radius 3 is 2.79 bits per heavy atom. The summed E-state index contributed by atoms with van der Waals surface area (Å²) in [7, 11) is 1.58. The molecular formula is C22H25N3O3S. The summed E-state index contributed by atoms with van der Waals surface area (Å²) < 4.78 is 6.84. The zero-order chi connectivity index (χ0) is 20.6. The highest BCUT2D eigenvalue weighted by atomic mass is 32.2. The summed E-state index contributed by atoms with van der Waals surface area (Å²) in [5.74, 6) is 0.777. The number of aromatic nitrogens is 2. The molecule has 0 saturated heterocycles. The van der Waals surface area contributed by atoms with Crippen LogP contribution < -0.4 is 15.6 Å². The summed E-state index contributed by atoms with van der Waals surface area (Å²) in [4.78, 5) is 30.1. The lowest BCUT2D eigenvalue weighted by atomic mass is 10.2. The van der Waals surface area contributed by atoms with E-state index in [1.165, 1.54) is 11.8 Å². The van der Waals surface area contributed by atoms with Crippen molar-refractivity contribution >= 4 is 28.6 Å². The predicted molar refractivity (Wildman–Crippen MR) is 117 cm³/mol. The van der Waals surface area contributed by atoms with Crippen molar-refractivity contribution in [2.24, 2.45) is 0 Å². The molecular weight excluding hydrogens is 386 g/mol. The molecule has 0 atom stereocenters. The zero-order valence-corrected chi connectivity index (χ0v) is 17.5. The van der Waals surface area contributed by atoms with E-state index in [1.807, 2.05) is 36.4 Å². The Balaban J connectivity index is 1.92. The Hall–Kier alpha value is -2.80. The van der Waals surface area contributed by atoms with Crippen LogP contribution >= 0.6 is 11.8 Å². The first-order valence-corrected chi connectivity index (χ1v) is 10.7. The fourth-order valence-electron chi connectivity index (χ4n) is 2.97. The minimum atomic E-state index is -0.172. The van der Waals surface area contributed by atoms with Gasteiger partial charge in [-0.05, 0) is 30.7 Å². The number of carbonyl (C=O) groups is 1. The van der Waals surface area contributed by atoms with E-state index in [1.54, 1.807) is 23.8 Å². The van der Waals surface area contributed by atoms with Crippen LogP contribution in [0.4, 0.5) is 0 Å². The fourth-order valence-corrected chi connectivity index (χ4v) is 3.81. The number of unbranched alkanes of at least 4 members (excludes halogenated alkanes) is 2. The number of carbonyl (C=O) groups excluding carboxylic acids is 1. The first-order chi connectivity index (χ1) is 14.1. The Bertz CT molecular complexity index is 1050. The van der Waals surface area contributed by atoms with Crippen LogP contribution in [0.3, 0.4) is 0 Å². The largest absolute Gasteiger partial charge is 0.497 e. The van der Waals surface area contributed by atoms with Gasteiger partial charge in [0.25, 0.3) is 5.56 Å². The number of amides is 1.